The van der Waals surface area contributed by atoms with Crippen molar-refractivity contribution < 1.29 is 23.9 Å². The van der Waals surface area contributed by atoms with Crippen LogP contribution in [0.4, 0.5) is 0 Å². The molecule has 0 aromatic carbocycles. The van der Waals surface area contributed by atoms with Crippen LogP contribution in [0.1, 0.15) is 38.4 Å². The topological polar surface area (TPSA) is 94.7 Å². The zero-order valence-electron chi connectivity index (χ0n) is 12.9. The average Bonchev–Trinajstić information content (AvgIpc) is 2.91. The highest BCUT2D eigenvalue weighted by atomic mass is 16.5. The third-order valence-corrected chi connectivity index (χ3v) is 3.71. The van der Waals surface area contributed by atoms with Crippen molar-refractivity contribution >= 4 is 5.97 Å². The van der Waals surface area contributed by atoms with Crippen molar-refractivity contribution in [3.63, 3.8) is 0 Å². The fourth-order valence-electron chi connectivity index (χ4n) is 2.04. The number of aromatic nitrogens is 2. The van der Waals surface area contributed by atoms with Gasteiger partial charge < -0.3 is 19.1 Å². The molecule has 1 aromatic heterocycles. The second kappa shape index (κ2) is 8.74. The fourth-order valence-corrected chi connectivity index (χ4v) is 2.04. The number of carboxylic acid groups (broad SMARTS) is 1. The van der Waals surface area contributed by atoms with Gasteiger partial charge in [0.25, 0.3) is 0 Å². The molecule has 0 bridgehead atoms. The smallest absolute Gasteiger partial charge is 0.310 e. The number of carbonyl (C=O) groups is 1. The first-order valence-electron chi connectivity index (χ1n) is 7.19. The monoisotopic (exact) mass is 300 g/mol. The van der Waals surface area contributed by atoms with Crippen LogP contribution in [-0.4, -0.2) is 48.1 Å². The quantitative estimate of drug-likeness (QED) is 0.621. The Bertz CT molecular complexity index is 429. The van der Waals surface area contributed by atoms with Gasteiger partial charge >= 0.3 is 5.97 Å². The number of nitrogens with zero attached hydrogens (tertiary/aromatic N) is 2. The van der Waals surface area contributed by atoms with E-state index in [0.717, 1.165) is 0 Å². The van der Waals surface area contributed by atoms with Crippen LogP contribution in [0.2, 0.25) is 0 Å². The molecule has 0 fully saturated rings. The van der Waals surface area contributed by atoms with Crippen molar-refractivity contribution in [1.29, 1.82) is 0 Å². The van der Waals surface area contributed by atoms with E-state index in [4.69, 9.17) is 14.0 Å². The molecule has 0 unspecified atom stereocenters. The molecule has 7 heteroatoms. The molecule has 1 rings (SSSR count). The largest absolute Gasteiger partial charge is 0.481 e. The lowest BCUT2D eigenvalue weighted by atomic mass is 9.79. The number of methoxy groups -OCH3 is 1. The summed E-state index contributed by atoms with van der Waals surface area (Å²) in [6.07, 6.45) is 1.84. The van der Waals surface area contributed by atoms with Crippen LogP contribution in [0.3, 0.4) is 0 Å². The molecule has 21 heavy (non-hydrogen) atoms. The molecule has 1 N–H and O–H groups in total. The predicted octanol–water partition coefficient (Wildman–Crippen LogP) is 1.71. The summed E-state index contributed by atoms with van der Waals surface area (Å²) < 4.78 is 15.3. The van der Waals surface area contributed by atoms with Gasteiger partial charge in [0.2, 0.25) is 5.89 Å². The Hall–Kier alpha value is -1.47. The summed E-state index contributed by atoms with van der Waals surface area (Å²) in [5, 5.41) is 13.2. The Morgan fingerprint density at radius 3 is 2.57 bits per heavy atom. The summed E-state index contributed by atoms with van der Waals surface area (Å²) in [6.45, 7) is 5.27. The molecule has 1 aromatic rings. The van der Waals surface area contributed by atoms with Gasteiger partial charge in [-0.25, -0.2) is 0 Å². The zero-order valence-corrected chi connectivity index (χ0v) is 12.9. The lowest BCUT2D eigenvalue weighted by Gasteiger charge is -2.24. The minimum absolute atomic E-state index is 0.257. The summed E-state index contributed by atoms with van der Waals surface area (Å²) in [7, 11) is 1.62. The number of hydrogen-bond donors (Lipinski definition) is 1. The molecule has 7 nitrogen and oxygen atoms in total. The van der Waals surface area contributed by atoms with Crippen LogP contribution in [-0.2, 0) is 27.1 Å². The van der Waals surface area contributed by atoms with Crippen LogP contribution in [0.5, 0.6) is 0 Å². The molecule has 0 aliphatic carbocycles. The van der Waals surface area contributed by atoms with E-state index in [0.29, 0.717) is 50.8 Å². The highest BCUT2D eigenvalue weighted by Gasteiger charge is 2.37. The Balaban J connectivity index is 2.52. The molecule has 0 amide bonds. The van der Waals surface area contributed by atoms with E-state index in [2.05, 4.69) is 10.1 Å². The van der Waals surface area contributed by atoms with E-state index in [1.54, 1.807) is 7.11 Å². The van der Waals surface area contributed by atoms with Crippen molar-refractivity contribution in [3.05, 3.63) is 11.7 Å². The SMILES string of the molecule is CCC(CC)(Cc1nc(CCOCCOC)no1)C(=O)O. The maximum atomic E-state index is 11.4. The molecule has 0 saturated heterocycles. The van der Waals surface area contributed by atoms with E-state index in [1.807, 2.05) is 13.8 Å². The van der Waals surface area contributed by atoms with E-state index in [9.17, 15) is 9.90 Å². The molecule has 0 spiro atoms. The van der Waals surface area contributed by atoms with E-state index in [-0.39, 0.29) is 6.42 Å². The normalized spacial score (nSPS) is 11.8. The highest BCUT2D eigenvalue weighted by molar-refractivity contribution is 5.74. The minimum Gasteiger partial charge on any atom is -0.481 e. The fraction of sp³-hybridized carbons (Fsp3) is 0.786. The van der Waals surface area contributed by atoms with E-state index in [1.165, 1.54) is 0 Å². The lowest BCUT2D eigenvalue weighted by Crippen LogP contribution is -2.32. The standard InChI is InChI=1S/C14H24N2O5/c1-4-14(5-2,13(17)18)10-12-15-11(16-21-12)6-7-20-9-8-19-3/h4-10H2,1-3H3,(H,17,18). The summed E-state index contributed by atoms with van der Waals surface area (Å²) in [6, 6.07) is 0. The molecule has 0 atom stereocenters. The third kappa shape index (κ3) is 5.09. The van der Waals surface area contributed by atoms with Crippen molar-refractivity contribution in [1.82, 2.24) is 10.1 Å². The number of ether oxygens (including phenoxy) is 2. The summed E-state index contributed by atoms with van der Waals surface area (Å²) in [5.74, 6) is 0.0806. The zero-order chi connectivity index (χ0) is 15.7. The molecule has 0 aliphatic rings. The van der Waals surface area contributed by atoms with E-state index < -0.39 is 11.4 Å². The van der Waals surface area contributed by atoms with Gasteiger partial charge in [0.05, 0.1) is 25.2 Å². The van der Waals surface area contributed by atoms with Gasteiger partial charge in [-0.3, -0.25) is 4.79 Å². The van der Waals surface area contributed by atoms with Crippen LogP contribution in [0, 0.1) is 5.41 Å². The molecular weight excluding hydrogens is 276 g/mol. The number of carboxylic acids is 1. The number of hydrogen-bond acceptors (Lipinski definition) is 6. The Labute approximate surface area is 124 Å². The van der Waals surface area contributed by atoms with Crippen molar-refractivity contribution in [3.8, 4) is 0 Å². The van der Waals surface area contributed by atoms with Crippen LogP contribution in [0.25, 0.3) is 0 Å². The first-order chi connectivity index (χ1) is 10.1. The summed E-state index contributed by atoms with van der Waals surface area (Å²) >= 11 is 0. The summed E-state index contributed by atoms with van der Waals surface area (Å²) in [4.78, 5) is 15.7. The Morgan fingerprint density at radius 1 is 1.29 bits per heavy atom. The Kier molecular flexibility index (Phi) is 7.31. The van der Waals surface area contributed by atoms with Crippen LogP contribution in [0.15, 0.2) is 4.52 Å². The average molecular weight is 300 g/mol. The molecule has 0 aliphatic heterocycles. The van der Waals surface area contributed by atoms with Gasteiger partial charge in [-0.15, -0.1) is 0 Å². The van der Waals surface area contributed by atoms with Crippen molar-refractivity contribution in [2.45, 2.75) is 39.5 Å². The van der Waals surface area contributed by atoms with Gasteiger partial charge in [-0.1, -0.05) is 19.0 Å². The van der Waals surface area contributed by atoms with Gasteiger partial charge in [-0.2, -0.15) is 4.98 Å². The maximum Gasteiger partial charge on any atom is 0.310 e. The Morgan fingerprint density at radius 2 is 2.00 bits per heavy atom. The van der Waals surface area contributed by atoms with Gasteiger partial charge in [-0.05, 0) is 12.8 Å². The van der Waals surface area contributed by atoms with Crippen LogP contribution < -0.4 is 0 Å². The second-order valence-corrected chi connectivity index (χ2v) is 4.93. The van der Waals surface area contributed by atoms with Crippen molar-refractivity contribution in [2.24, 2.45) is 5.41 Å². The first-order valence-corrected chi connectivity index (χ1v) is 7.19. The van der Waals surface area contributed by atoms with Gasteiger partial charge in [0.1, 0.15) is 0 Å². The predicted molar refractivity (Wildman–Crippen MR) is 75.1 cm³/mol. The molecule has 0 saturated carbocycles. The molecular formula is C14H24N2O5. The minimum atomic E-state index is -0.835. The summed E-state index contributed by atoms with van der Waals surface area (Å²) in [5.41, 5.74) is -0.835. The third-order valence-electron chi connectivity index (χ3n) is 3.71. The highest BCUT2D eigenvalue weighted by Crippen LogP contribution is 2.30. The molecule has 120 valence electrons. The first kappa shape index (κ1) is 17.6. The van der Waals surface area contributed by atoms with Crippen LogP contribution >= 0.6 is 0 Å². The maximum absolute atomic E-state index is 11.4. The number of rotatable bonds is 11. The van der Waals surface area contributed by atoms with E-state index >= 15 is 0 Å². The molecule has 0 radical (unpaired) electrons. The molecule has 1 heterocycles. The lowest BCUT2D eigenvalue weighted by molar-refractivity contribution is -0.149. The number of aliphatic carboxylic acids is 1. The van der Waals surface area contributed by atoms with Gasteiger partial charge in [0.15, 0.2) is 5.82 Å². The van der Waals surface area contributed by atoms with Gasteiger partial charge in [0, 0.05) is 20.0 Å². The second-order valence-electron chi connectivity index (χ2n) is 4.93. The van der Waals surface area contributed by atoms with Crippen molar-refractivity contribution in [2.75, 3.05) is 26.9 Å².